The number of alkyl halides is 3. The van der Waals surface area contributed by atoms with Crippen molar-refractivity contribution < 1.29 is 13.2 Å². The van der Waals surface area contributed by atoms with E-state index in [9.17, 15) is 13.2 Å². The summed E-state index contributed by atoms with van der Waals surface area (Å²) in [6, 6.07) is 1.82. The summed E-state index contributed by atoms with van der Waals surface area (Å²) in [5, 5.41) is 0. The molecule has 0 radical (unpaired) electrons. The molecule has 0 aliphatic heterocycles. The first kappa shape index (κ1) is 9.73. The first-order chi connectivity index (χ1) is 5.39. The van der Waals surface area contributed by atoms with Crippen LogP contribution in [-0.2, 0) is 6.18 Å². The smallest absolute Gasteiger partial charge is 0.341 e. The summed E-state index contributed by atoms with van der Waals surface area (Å²) in [6.07, 6.45) is -4.34. The zero-order chi connectivity index (χ0) is 9.35. The minimum absolute atomic E-state index is 0.0525. The van der Waals surface area contributed by atoms with Gasteiger partial charge in [-0.2, -0.15) is 13.2 Å². The molecule has 0 saturated heterocycles. The Morgan fingerprint density at radius 3 is 2.33 bits per heavy atom. The minimum atomic E-state index is -4.34. The Balaban J connectivity index is 3.27. The fourth-order valence-electron chi connectivity index (χ4n) is 0.673. The molecule has 0 spiro atoms. The predicted octanol–water partition coefficient (Wildman–Crippen LogP) is 3.53. The molecule has 1 aromatic rings. The Hall–Kier alpha value is -0.360. The largest absolute Gasteiger partial charge is 0.416 e. The lowest BCUT2D eigenvalue weighted by atomic mass is 10.3. The van der Waals surface area contributed by atoms with Crippen LogP contribution >= 0.6 is 28.1 Å². The van der Waals surface area contributed by atoms with Gasteiger partial charge < -0.3 is 4.98 Å². The lowest BCUT2D eigenvalue weighted by Crippen LogP contribution is -2.05. The van der Waals surface area contributed by atoms with Crippen LogP contribution in [0.1, 0.15) is 5.56 Å². The van der Waals surface area contributed by atoms with Gasteiger partial charge in [0.25, 0.3) is 0 Å². The molecule has 1 nitrogen and oxygen atoms in total. The third-order valence-electron chi connectivity index (χ3n) is 1.14. The van der Waals surface area contributed by atoms with Gasteiger partial charge >= 0.3 is 6.18 Å². The number of hydrogen-bond acceptors (Lipinski definition) is 1. The van der Waals surface area contributed by atoms with Gasteiger partial charge in [0.1, 0.15) is 4.64 Å². The summed E-state index contributed by atoms with van der Waals surface area (Å²) in [6.45, 7) is 0. The molecule has 1 N–H and O–H groups in total. The first-order valence-corrected chi connectivity index (χ1v) is 4.07. The minimum Gasteiger partial charge on any atom is -0.341 e. The molecule has 0 fully saturated rings. The molecule has 1 rings (SSSR count). The summed E-state index contributed by atoms with van der Waals surface area (Å²) in [5.41, 5.74) is -0.752. The number of H-pyrrole nitrogens is 1. The van der Waals surface area contributed by atoms with Crippen LogP contribution in [0.5, 0.6) is 0 Å². The average molecular weight is 258 g/mol. The molecule has 0 aromatic carbocycles. The van der Waals surface area contributed by atoms with E-state index >= 15 is 0 Å². The van der Waals surface area contributed by atoms with Crippen LogP contribution in [0.4, 0.5) is 13.2 Å². The monoisotopic (exact) mass is 257 g/mol. The van der Waals surface area contributed by atoms with Crippen LogP contribution in [-0.4, -0.2) is 4.98 Å². The van der Waals surface area contributed by atoms with Crippen LogP contribution in [0.15, 0.2) is 16.7 Å². The van der Waals surface area contributed by atoms with E-state index in [-0.39, 0.29) is 9.24 Å². The van der Waals surface area contributed by atoms with E-state index in [0.29, 0.717) is 0 Å². The zero-order valence-electron chi connectivity index (χ0n) is 5.57. The van der Waals surface area contributed by atoms with Crippen LogP contribution < -0.4 is 0 Å². The van der Waals surface area contributed by atoms with Gasteiger partial charge in [-0.1, -0.05) is 12.2 Å². The van der Waals surface area contributed by atoms with Crippen LogP contribution in [0, 0.1) is 4.64 Å². The van der Waals surface area contributed by atoms with E-state index in [1.165, 1.54) is 0 Å². The fourth-order valence-corrected chi connectivity index (χ4v) is 1.50. The van der Waals surface area contributed by atoms with Crippen molar-refractivity contribution in [2.45, 2.75) is 6.18 Å². The molecule has 1 heterocycles. The predicted molar refractivity (Wildman–Crippen MR) is 44.3 cm³/mol. The number of aromatic amines is 1. The van der Waals surface area contributed by atoms with Crippen molar-refractivity contribution in [1.82, 2.24) is 4.98 Å². The second kappa shape index (κ2) is 3.18. The van der Waals surface area contributed by atoms with Crippen molar-refractivity contribution in [3.05, 3.63) is 26.9 Å². The van der Waals surface area contributed by atoms with Crippen molar-refractivity contribution in [1.29, 1.82) is 0 Å². The summed E-state index contributed by atoms with van der Waals surface area (Å²) in [4.78, 5) is 2.51. The molecular formula is C6H3BrF3NS. The van der Waals surface area contributed by atoms with Crippen LogP contribution in [0.2, 0.25) is 0 Å². The molecule has 0 saturated carbocycles. The molecule has 0 unspecified atom stereocenters. The third kappa shape index (κ3) is 2.31. The third-order valence-corrected chi connectivity index (χ3v) is 1.79. The van der Waals surface area contributed by atoms with Gasteiger partial charge in [0.15, 0.2) is 0 Å². The average Bonchev–Trinajstić information content (AvgIpc) is 1.82. The van der Waals surface area contributed by atoms with E-state index in [2.05, 4.69) is 33.1 Å². The van der Waals surface area contributed by atoms with Gasteiger partial charge in [-0.3, -0.25) is 0 Å². The van der Waals surface area contributed by atoms with Gasteiger partial charge in [-0.25, -0.2) is 0 Å². The Bertz CT molecular complexity index is 343. The van der Waals surface area contributed by atoms with Gasteiger partial charge in [0, 0.05) is 0 Å². The van der Waals surface area contributed by atoms with Gasteiger partial charge in [-0.05, 0) is 28.1 Å². The molecule has 12 heavy (non-hydrogen) atoms. The van der Waals surface area contributed by atoms with Crippen LogP contribution in [0.25, 0.3) is 0 Å². The van der Waals surface area contributed by atoms with E-state index in [1.54, 1.807) is 0 Å². The molecule has 0 bridgehead atoms. The summed E-state index contributed by atoms with van der Waals surface area (Å²) in [5.74, 6) is 0. The molecule has 66 valence electrons. The summed E-state index contributed by atoms with van der Waals surface area (Å²) < 4.78 is 36.5. The van der Waals surface area contributed by atoms with E-state index in [4.69, 9.17) is 0 Å². The number of hydrogen-bond donors (Lipinski definition) is 1. The van der Waals surface area contributed by atoms with E-state index < -0.39 is 11.7 Å². The highest BCUT2D eigenvalue weighted by atomic mass is 79.9. The highest BCUT2D eigenvalue weighted by molar-refractivity contribution is 9.10. The highest BCUT2D eigenvalue weighted by Gasteiger charge is 2.30. The molecule has 1 aromatic heterocycles. The maximum absolute atomic E-state index is 12.1. The normalized spacial score (nSPS) is 11.7. The quantitative estimate of drug-likeness (QED) is 0.556. The number of halogens is 4. The maximum Gasteiger partial charge on any atom is 0.416 e. The summed E-state index contributed by atoms with van der Waals surface area (Å²) >= 11 is 7.45. The number of pyridine rings is 1. The number of aromatic nitrogens is 1. The number of nitrogens with one attached hydrogen (secondary N) is 1. The number of rotatable bonds is 0. The second-order valence-electron chi connectivity index (χ2n) is 2.08. The Morgan fingerprint density at radius 1 is 1.33 bits per heavy atom. The molecule has 0 aliphatic carbocycles. The molecule has 0 amide bonds. The van der Waals surface area contributed by atoms with Crippen molar-refractivity contribution in [2.75, 3.05) is 0 Å². The highest BCUT2D eigenvalue weighted by Crippen LogP contribution is 2.30. The van der Waals surface area contributed by atoms with Gasteiger partial charge in [0.05, 0.1) is 10.2 Å². The van der Waals surface area contributed by atoms with Gasteiger partial charge in [-0.15, -0.1) is 0 Å². The SMILES string of the molecule is FC(F)(F)c1cc(Br)[nH]c(=S)c1. The molecule has 0 atom stereocenters. The molecule has 6 heteroatoms. The van der Waals surface area contributed by atoms with Crippen molar-refractivity contribution >= 4 is 28.1 Å². The fraction of sp³-hybridized carbons (Fsp3) is 0.167. The molecular weight excluding hydrogens is 255 g/mol. The van der Waals surface area contributed by atoms with Crippen molar-refractivity contribution in [3.8, 4) is 0 Å². The van der Waals surface area contributed by atoms with Crippen LogP contribution in [0.3, 0.4) is 0 Å². The summed E-state index contributed by atoms with van der Waals surface area (Å²) in [7, 11) is 0. The van der Waals surface area contributed by atoms with Crippen molar-refractivity contribution in [3.63, 3.8) is 0 Å². The Labute approximate surface area is 79.7 Å². The van der Waals surface area contributed by atoms with Gasteiger partial charge in [0.2, 0.25) is 0 Å². The lowest BCUT2D eigenvalue weighted by molar-refractivity contribution is -0.137. The zero-order valence-corrected chi connectivity index (χ0v) is 7.98. The first-order valence-electron chi connectivity index (χ1n) is 2.86. The van der Waals surface area contributed by atoms with E-state index in [1.807, 2.05) is 0 Å². The lowest BCUT2D eigenvalue weighted by Gasteiger charge is -2.05. The molecule has 0 aliphatic rings. The maximum atomic E-state index is 12.1. The van der Waals surface area contributed by atoms with E-state index in [0.717, 1.165) is 12.1 Å². The second-order valence-corrected chi connectivity index (χ2v) is 3.37. The topological polar surface area (TPSA) is 15.8 Å². The van der Waals surface area contributed by atoms with Crippen molar-refractivity contribution in [2.24, 2.45) is 0 Å². The Kier molecular flexibility index (Phi) is 2.58. The Morgan fingerprint density at radius 2 is 1.92 bits per heavy atom. The standard InChI is InChI=1S/C6H3BrF3NS/c7-4-1-3(6(8,9)10)2-5(12)11-4/h1-2H,(H,11,12).